The van der Waals surface area contributed by atoms with Crippen molar-refractivity contribution in [2.75, 3.05) is 0 Å². The summed E-state index contributed by atoms with van der Waals surface area (Å²) < 4.78 is 0.469. The van der Waals surface area contributed by atoms with Gasteiger partial charge >= 0.3 is 35.5 Å². The van der Waals surface area contributed by atoms with Crippen molar-refractivity contribution in [3.8, 4) is 0 Å². The quantitative estimate of drug-likeness (QED) is 0.342. The summed E-state index contributed by atoms with van der Waals surface area (Å²) in [6.45, 7) is 1.55. The molecule has 1 heterocycles. The number of hydrogen-bond donors (Lipinski definition) is 1. The molecule has 0 aliphatic carbocycles. The van der Waals surface area contributed by atoms with Crippen LogP contribution in [0.2, 0.25) is 0 Å². The predicted octanol–water partition coefficient (Wildman–Crippen LogP) is -0.927. The molecule has 0 fully saturated rings. The van der Waals surface area contributed by atoms with Gasteiger partial charge in [0, 0.05) is 6.92 Å². The maximum atomic E-state index is 10.8. The van der Waals surface area contributed by atoms with Crippen LogP contribution in [0.3, 0.4) is 0 Å². The fourth-order valence-corrected chi connectivity index (χ4v) is 0.577. The molecule has 0 aromatic carbocycles. The van der Waals surface area contributed by atoms with Crippen molar-refractivity contribution in [2.24, 2.45) is 0 Å². The second-order valence-corrected chi connectivity index (χ2v) is 2.04. The molecule has 0 saturated heterocycles. The Morgan fingerprint density at radius 2 is 2.33 bits per heavy atom. The summed E-state index contributed by atoms with van der Waals surface area (Å²) in [6, 6.07) is 0. The van der Waals surface area contributed by atoms with Gasteiger partial charge in [-0.25, -0.2) is 9.78 Å². The summed E-state index contributed by atoms with van der Waals surface area (Å²) >= 11 is 0. The van der Waals surface area contributed by atoms with Crippen LogP contribution in [0.5, 0.6) is 0 Å². The number of rotatable bonds is 1. The standard InChI is InChI=1S/C6H6N2O3.Na.H/c1-4-2-7-5(6(9)10)3-8(4)11;;/h2-3H,1H3,(H,9,10);;. The molecule has 0 aliphatic rings. The molecule has 0 aliphatic heterocycles. The molecule has 0 saturated carbocycles. The van der Waals surface area contributed by atoms with E-state index in [1.165, 1.54) is 6.20 Å². The first-order valence-corrected chi connectivity index (χ1v) is 2.90. The minimum atomic E-state index is -1.20. The summed E-state index contributed by atoms with van der Waals surface area (Å²) in [6.07, 6.45) is 2.15. The van der Waals surface area contributed by atoms with Gasteiger partial charge in [-0.05, 0) is 0 Å². The summed E-state index contributed by atoms with van der Waals surface area (Å²) in [4.78, 5) is 13.8. The summed E-state index contributed by atoms with van der Waals surface area (Å²) in [5, 5.41) is 19.1. The van der Waals surface area contributed by atoms with Gasteiger partial charge in [0.05, 0.1) is 6.20 Å². The van der Waals surface area contributed by atoms with Crippen LogP contribution in [0.1, 0.15) is 16.2 Å². The van der Waals surface area contributed by atoms with E-state index in [1.54, 1.807) is 6.92 Å². The maximum absolute atomic E-state index is 10.8. The number of aryl methyl sites for hydroxylation is 1. The fourth-order valence-electron chi connectivity index (χ4n) is 0.577. The Kier molecular flexibility index (Phi) is 4.16. The van der Waals surface area contributed by atoms with E-state index in [0.717, 1.165) is 6.20 Å². The molecule has 0 atom stereocenters. The van der Waals surface area contributed by atoms with Gasteiger partial charge in [-0.3, -0.25) is 0 Å². The van der Waals surface area contributed by atoms with Crippen molar-refractivity contribution in [3.05, 3.63) is 29.0 Å². The van der Waals surface area contributed by atoms with E-state index in [1.807, 2.05) is 0 Å². The predicted molar refractivity (Wildman–Crippen MR) is 42.0 cm³/mol. The third-order valence-electron chi connectivity index (χ3n) is 1.20. The molecule has 60 valence electrons. The van der Waals surface area contributed by atoms with E-state index in [2.05, 4.69) is 4.98 Å². The van der Waals surface area contributed by atoms with E-state index < -0.39 is 5.97 Å². The van der Waals surface area contributed by atoms with E-state index in [4.69, 9.17) is 5.11 Å². The Balaban J connectivity index is 0.00000121. The van der Waals surface area contributed by atoms with Crippen molar-refractivity contribution < 1.29 is 14.6 Å². The van der Waals surface area contributed by atoms with Gasteiger partial charge in [-0.15, -0.1) is 0 Å². The normalized spacial score (nSPS) is 8.75. The zero-order valence-corrected chi connectivity index (χ0v) is 5.81. The third kappa shape index (κ3) is 2.44. The van der Waals surface area contributed by atoms with Crippen LogP contribution in [-0.4, -0.2) is 45.6 Å². The van der Waals surface area contributed by atoms with Crippen molar-refractivity contribution >= 4 is 35.5 Å². The molecule has 1 N–H and O–H groups in total. The molecule has 0 radical (unpaired) electrons. The Labute approximate surface area is 90.9 Å². The average Bonchev–Trinajstić information content (AvgIpc) is 1.94. The number of carboxylic acids is 1. The molecule has 1 rings (SSSR count). The van der Waals surface area contributed by atoms with Crippen LogP contribution in [0.25, 0.3) is 0 Å². The van der Waals surface area contributed by atoms with E-state index >= 15 is 0 Å². The molecule has 0 amide bonds. The van der Waals surface area contributed by atoms with Crippen LogP contribution >= 0.6 is 0 Å². The molecular formula is C6H7N2NaO3. The average molecular weight is 178 g/mol. The van der Waals surface area contributed by atoms with Gasteiger partial charge in [-0.1, -0.05) is 0 Å². The van der Waals surface area contributed by atoms with Gasteiger partial charge in [0.25, 0.3) is 0 Å². The van der Waals surface area contributed by atoms with Crippen molar-refractivity contribution in [1.29, 1.82) is 0 Å². The van der Waals surface area contributed by atoms with Crippen LogP contribution in [-0.2, 0) is 0 Å². The zero-order chi connectivity index (χ0) is 8.43. The molecular weight excluding hydrogens is 171 g/mol. The molecule has 12 heavy (non-hydrogen) atoms. The van der Waals surface area contributed by atoms with Gasteiger partial charge < -0.3 is 10.3 Å². The first kappa shape index (κ1) is 11.4. The van der Waals surface area contributed by atoms with Crippen molar-refractivity contribution in [2.45, 2.75) is 6.92 Å². The van der Waals surface area contributed by atoms with E-state index in [9.17, 15) is 10.0 Å². The second-order valence-electron chi connectivity index (χ2n) is 2.04. The van der Waals surface area contributed by atoms with Crippen LogP contribution in [0.15, 0.2) is 12.4 Å². The van der Waals surface area contributed by atoms with Gasteiger partial charge in [-0.2, -0.15) is 4.73 Å². The Morgan fingerprint density at radius 3 is 2.75 bits per heavy atom. The topological polar surface area (TPSA) is 77.1 Å². The van der Waals surface area contributed by atoms with Gasteiger partial charge in [0.1, 0.15) is 0 Å². The molecule has 0 unspecified atom stereocenters. The number of carboxylic acid groups (broad SMARTS) is 1. The number of aromatic carboxylic acids is 1. The van der Waals surface area contributed by atoms with Crippen LogP contribution in [0.4, 0.5) is 0 Å². The van der Waals surface area contributed by atoms with Crippen molar-refractivity contribution in [3.63, 3.8) is 0 Å². The van der Waals surface area contributed by atoms with Gasteiger partial charge in [0.2, 0.25) is 17.6 Å². The van der Waals surface area contributed by atoms with Crippen molar-refractivity contribution in [1.82, 2.24) is 4.98 Å². The van der Waals surface area contributed by atoms with E-state index in [0.29, 0.717) is 10.4 Å². The van der Waals surface area contributed by atoms with Gasteiger partial charge in [0.15, 0.2) is 0 Å². The molecule has 1 aromatic heterocycles. The second kappa shape index (κ2) is 4.39. The molecule has 5 nitrogen and oxygen atoms in total. The Morgan fingerprint density at radius 1 is 1.75 bits per heavy atom. The monoisotopic (exact) mass is 178 g/mol. The van der Waals surface area contributed by atoms with E-state index in [-0.39, 0.29) is 35.3 Å². The number of hydrogen-bond acceptors (Lipinski definition) is 3. The Bertz CT molecular complexity index is 303. The molecule has 0 bridgehead atoms. The fraction of sp³-hybridized carbons (Fsp3) is 0.167. The summed E-state index contributed by atoms with van der Waals surface area (Å²) in [5.74, 6) is -1.20. The minimum absolute atomic E-state index is 0. The first-order chi connectivity index (χ1) is 5.11. The number of carbonyl (C=O) groups is 1. The number of aromatic nitrogens is 2. The third-order valence-corrected chi connectivity index (χ3v) is 1.20. The summed E-state index contributed by atoms with van der Waals surface area (Å²) in [5.41, 5.74) is 0.126. The molecule has 1 aromatic rings. The molecule has 6 heteroatoms. The first-order valence-electron chi connectivity index (χ1n) is 2.90. The van der Waals surface area contributed by atoms with Crippen LogP contribution < -0.4 is 4.73 Å². The zero-order valence-electron chi connectivity index (χ0n) is 5.81. The summed E-state index contributed by atoms with van der Waals surface area (Å²) in [7, 11) is 0. The molecule has 0 spiro atoms. The van der Waals surface area contributed by atoms with Crippen LogP contribution in [0, 0.1) is 12.1 Å². The number of nitrogens with zero attached hydrogens (tertiary/aromatic N) is 2. The SMILES string of the molecule is Cc1cnc(C(=O)O)c[n+]1[O-].[NaH]. The Hall–Kier alpha value is -0.650.